The van der Waals surface area contributed by atoms with Crippen molar-refractivity contribution in [1.29, 1.82) is 0 Å². The molecule has 0 amide bonds. The molecule has 0 radical (unpaired) electrons. The molecule has 1 aromatic heterocycles. The van der Waals surface area contributed by atoms with Gasteiger partial charge in [0.2, 0.25) is 0 Å². The Kier molecular flexibility index (Phi) is 2.70. The van der Waals surface area contributed by atoms with E-state index < -0.39 is 17.3 Å². The van der Waals surface area contributed by atoms with Crippen molar-refractivity contribution in [2.24, 2.45) is 7.05 Å². The van der Waals surface area contributed by atoms with Crippen LogP contribution in [0, 0.1) is 0 Å². The number of benzene rings is 1. The number of fused-ring (bicyclic) bond motifs is 1. The molecule has 1 heterocycles. The normalized spacial score (nSPS) is 13.3. The van der Waals surface area contributed by atoms with Crippen LogP contribution in [0.5, 0.6) is 0 Å². The zero-order valence-corrected chi connectivity index (χ0v) is 10.3. The van der Waals surface area contributed by atoms with Gasteiger partial charge < -0.3 is 9.67 Å². The van der Waals surface area contributed by atoms with Gasteiger partial charge in [-0.25, -0.2) is 0 Å². The molecular formula is C13H14F3NO. The lowest BCUT2D eigenvalue weighted by Crippen LogP contribution is -2.19. The summed E-state index contributed by atoms with van der Waals surface area (Å²) in [7, 11) is 1.53. The average Bonchev–Trinajstić information content (AvgIpc) is 2.54. The van der Waals surface area contributed by atoms with Gasteiger partial charge in [0, 0.05) is 18.1 Å². The molecule has 98 valence electrons. The Bertz CT molecular complexity index is 591. The lowest BCUT2D eigenvalue weighted by Gasteiger charge is -2.19. The Morgan fingerprint density at radius 2 is 1.78 bits per heavy atom. The van der Waals surface area contributed by atoms with E-state index in [-0.39, 0.29) is 5.52 Å². The minimum Gasteiger partial charge on any atom is -0.384 e. The summed E-state index contributed by atoms with van der Waals surface area (Å²) in [4.78, 5) is 0. The van der Waals surface area contributed by atoms with Gasteiger partial charge in [-0.05, 0) is 26.0 Å². The molecule has 2 nitrogen and oxygen atoms in total. The fourth-order valence-electron chi connectivity index (χ4n) is 2.23. The van der Waals surface area contributed by atoms with Crippen LogP contribution < -0.4 is 0 Å². The van der Waals surface area contributed by atoms with Crippen LogP contribution in [0.25, 0.3) is 10.9 Å². The average molecular weight is 257 g/mol. The number of nitrogens with zero attached hydrogens (tertiary/aromatic N) is 1. The summed E-state index contributed by atoms with van der Waals surface area (Å²) in [5.74, 6) is 0. The third-order valence-electron chi connectivity index (χ3n) is 2.99. The van der Waals surface area contributed by atoms with Crippen LogP contribution in [0.1, 0.15) is 25.1 Å². The van der Waals surface area contributed by atoms with Crippen molar-refractivity contribution >= 4 is 10.9 Å². The van der Waals surface area contributed by atoms with Crippen LogP contribution in [0.15, 0.2) is 24.3 Å². The van der Waals surface area contributed by atoms with Crippen molar-refractivity contribution in [2.45, 2.75) is 25.6 Å². The smallest absolute Gasteiger partial charge is 0.384 e. The van der Waals surface area contributed by atoms with E-state index in [1.54, 1.807) is 26.0 Å². The molecule has 1 N–H and O–H groups in total. The number of aromatic nitrogens is 1. The molecule has 2 rings (SSSR count). The molecule has 0 fully saturated rings. The first-order valence-electron chi connectivity index (χ1n) is 5.51. The zero-order chi connectivity index (χ0) is 13.7. The summed E-state index contributed by atoms with van der Waals surface area (Å²) >= 11 is 0. The number of rotatable bonds is 1. The van der Waals surface area contributed by atoms with Crippen LogP contribution in [-0.4, -0.2) is 9.67 Å². The molecule has 0 saturated heterocycles. The molecule has 2 aromatic rings. The predicted octanol–water partition coefficient (Wildman–Crippen LogP) is 3.42. The van der Waals surface area contributed by atoms with Crippen molar-refractivity contribution in [3.05, 3.63) is 35.5 Å². The van der Waals surface area contributed by atoms with Gasteiger partial charge in [-0.3, -0.25) is 0 Å². The van der Waals surface area contributed by atoms with E-state index in [1.165, 1.54) is 17.7 Å². The number of halogens is 3. The molecule has 0 aliphatic carbocycles. The van der Waals surface area contributed by atoms with Crippen molar-refractivity contribution in [3.8, 4) is 0 Å². The van der Waals surface area contributed by atoms with Crippen LogP contribution in [0.2, 0.25) is 0 Å². The molecule has 0 atom stereocenters. The zero-order valence-electron chi connectivity index (χ0n) is 10.3. The molecule has 0 aliphatic heterocycles. The molecule has 0 spiro atoms. The molecule has 0 unspecified atom stereocenters. The number of aliphatic hydroxyl groups is 1. The predicted molar refractivity (Wildman–Crippen MR) is 63.2 cm³/mol. The topological polar surface area (TPSA) is 25.2 Å². The number of hydrogen-bond donors (Lipinski definition) is 1. The molecule has 5 heteroatoms. The van der Waals surface area contributed by atoms with E-state index in [0.29, 0.717) is 11.1 Å². The summed E-state index contributed by atoms with van der Waals surface area (Å²) in [6.45, 7) is 3.10. The second-order valence-corrected chi connectivity index (χ2v) is 4.89. The molecule has 1 aromatic carbocycles. The number of hydrogen-bond acceptors (Lipinski definition) is 1. The third kappa shape index (κ3) is 1.99. The van der Waals surface area contributed by atoms with E-state index in [9.17, 15) is 18.3 Å². The van der Waals surface area contributed by atoms with Gasteiger partial charge in [0.25, 0.3) is 0 Å². The minimum atomic E-state index is -4.40. The Hall–Kier alpha value is -1.49. The van der Waals surface area contributed by atoms with Crippen LogP contribution in [0.4, 0.5) is 13.2 Å². The van der Waals surface area contributed by atoms with E-state index in [0.717, 1.165) is 6.07 Å². The molecule has 0 aliphatic rings. The van der Waals surface area contributed by atoms with Crippen molar-refractivity contribution in [2.75, 3.05) is 0 Å². The summed E-state index contributed by atoms with van der Waals surface area (Å²) in [6, 6.07) is 5.63. The van der Waals surface area contributed by atoms with Gasteiger partial charge in [-0.1, -0.05) is 12.1 Å². The van der Waals surface area contributed by atoms with Gasteiger partial charge >= 0.3 is 6.18 Å². The van der Waals surface area contributed by atoms with Gasteiger partial charge in [-0.2, -0.15) is 13.2 Å². The first-order valence-corrected chi connectivity index (χ1v) is 5.51. The van der Waals surface area contributed by atoms with Crippen molar-refractivity contribution in [3.63, 3.8) is 0 Å². The standard InChI is InChI=1S/C13H14F3NO/c1-12(2,18)10-7-8-5-4-6-9(13(14,15)16)11(8)17(10)3/h4-7,18H,1-3H3. The molecule has 0 saturated carbocycles. The number of para-hydroxylation sites is 1. The lowest BCUT2D eigenvalue weighted by atomic mass is 10.1. The van der Waals surface area contributed by atoms with Crippen LogP contribution in [0.3, 0.4) is 0 Å². The minimum absolute atomic E-state index is 0.0992. The number of aryl methyl sites for hydroxylation is 1. The Labute approximate surface area is 103 Å². The fourth-order valence-corrected chi connectivity index (χ4v) is 2.23. The highest BCUT2D eigenvalue weighted by Gasteiger charge is 2.34. The van der Waals surface area contributed by atoms with Crippen LogP contribution in [-0.2, 0) is 18.8 Å². The van der Waals surface area contributed by atoms with Crippen LogP contribution >= 0.6 is 0 Å². The summed E-state index contributed by atoms with van der Waals surface area (Å²) in [5, 5.41) is 10.4. The summed E-state index contributed by atoms with van der Waals surface area (Å²) in [6.07, 6.45) is -4.40. The summed E-state index contributed by atoms with van der Waals surface area (Å²) < 4.78 is 40.2. The maximum atomic E-state index is 12.9. The highest BCUT2D eigenvalue weighted by Crippen LogP contribution is 2.37. The van der Waals surface area contributed by atoms with Gasteiger partial charge in [0.05, 0.1) is 16.7 Å². The van der Waals surface area contributed by atoms with E-state index >= 15 is 0 Å². The molecule has 0 bridgehead atoms. The molecular weight excluding hydrogens is 243 g/mol. The monoisotopic (exact) mass is 257 g/mol. The van der Waals surface area contributed by atoms with E-state index in [2.05, 4.69) is 0 Å². The first-order chi connectivity index (χ1) is 8.12. The third-order valence-corrected chi connectivity index (χ3v) is 2.99. The second kappa shape index (κ2) is 3.75. The lowest BCUT2D eigenvalue weighted by molar-refractivity contribution is -0.136. The fraction of sp³-hybridized carbons (Fsp3) is 0.385. The van der Waals surface area contributed by atoms with Crippen molar-refractivity contribution in [1.82, 2.24) is 4.57 Å². The quantitative estimate of drug-likeness (QED) is 0.832. The molecule has 18 heavy (non-hydrogen) atoms. The van der Waals surface area contributed by atoms with Gasteiger partial charge in [-0.15, -0.1) is 0 Å². The Morgan fingerprint density at radius 1 is 1.17 bits per heavy atom. The second-order valence-electron chi connectivity index (χ2n) is 4.89. The first kappa shape index (κ1) is 13.0. The number of alkyl halides is 3. The SMILES string of the molecule is Cn1c(C(C)(C)O)cc2cccc(C(F)(F)F)c21. The largest absolute Gasteiger partial charge is 0.418 e. The highest BCUT2D eigenvalue weighted by atomic mass is 19.4. The maximum absolute atomic E-state index is 12.9. The van der Waals surface area contributed by atoms with E-state index in [1.807, 2.05) is 0 Å². The summed E-state index contributed by atoms with van der Waals surface area (Å²) in [5.41, 5.74) is -1.31. The van der Waals surface area contributed by atoms with Gasteiger partial charge in [0.15, 0.2) is 0 Å². The maximum Gasteiger partial charge on any atom is 0.418 e. The van der Waals surface area contributed by atoms with Crippen molar-refractivity contribution < 1.29 is 18.3 Å². The van der Waals surface area contributed by atoms with E-state index in [4.69, 9.17) is 0 Å². The Morgan fingerprint density at radius 3 is 2.28 bits per heavy atom. The van der Waals surface area contributed by atoms with Gasteiger partial charge in [0.1, 0.15) is 0 Å². The highest BCUT2D eigenvalue weighted by molar-refractivity contribution is 5.85. The Balaban J connectivity index is 2.83.